The van der Waals surface area contributed by atoms with Crippen molar-refractivity contribution in [1.29, 1.82) is 0 Å². The third kappa shape index (κ3) is 6.10. The van der Waals surface area contributed by atoms with E-state index in [0.29, 0.717) is 11.5 Å². The van der Waals surface area contributed by atoms with Crippen LogP contribution in [0.4, 0.5) is 0 Å². The summed E-state index contributed by atoms with van der Waals surface area (Å²) >= 11 is 1.81. The van der Waals surface area contributed by atoms with Crippen LogP contribution in [-0.4, -0.2) is 49.1 Å². The number of piperidine rings is 1. The maximum atomic E-state index is 13.3. The molecule has 1 aliphatic carbocycles. The van der Waals surface area contributed by atoms with Gasteiger partial charge in [-0.2, -0.15) is 0 Å². The lowest BCUT2D eigenvalue weighted by Crippen LogP contribution is -2.38. The maximum Gasteiger partial charge on any atom is 0.253 e. The van der Waals surface area contributed by atoms with Gasteiger partial charge in [-0.25, -0.2) is 4.31 Å². The third-order valence-electron chi connectivity index (χ3n) is 7.93. The van der Waals surface area contributed by atoms with E-state index in [1.54, 1.807) is 13.8 Å². The largest absolute Gasteiger partial charge is 0.389 e. The fourth-order valence-electron chi connectivity index (χ4n) is 5.85. The summed E-state index contributed by atoms with van der Waals surface area (Å²) in [6.07, 6.45) is 12.5. The first-order valence-electron chi connectivity index (χ1n) is 14.0. The highest BCUT2D eigenvalue weighted by atomic mass is 32.2. The minimum atomic E-state index is -0.948. The van der Waals surface area contributed by atoms with E-state index in [4.69, 9.17) is 0 Å². The van der Waals surface area contributed by atoms with Crippen LogP contribution in [0.3, 0.4) is 0 Å². The number of benzene rings is 1. The van der Waals surface area contributed by atoms with E-state index in [0.717, 1.165) is 31.0 Å². The van der Waals surface area contributed by atoms with Crippen LogP contribution in [0.1, 0.15) is 81.3 Å². The second-order valence-corrected chi connectivity index (χ2v) is 12.7. The van der Waals surface area contributed by atoms with Crippen molar-refractivity contribution in [2.75, 3.05) is 19.6 Å². The van der Waals surface area contributed by atoms with Crippen LogP contribution in [0.25, 0.3) is 22.2 Å². The van der Waals surface area contributed by atoms with Gasteiger partial charge in [0, 0.05) is 61.2 Å². The number of fused-ring (bicyclic) bond motifs is 1. The van der Waals surface area contributed by atoms with E-state index in [9.17, 15) is 9.90 Å². The highest BCUT2D eigenvalue weighted by molar-refractivity contribution is 7.95. The van der Waals surface area contributed by atoms with E-state index in [-0.39, 0.29) is 12.5 Å². The van der Waals surface area contributed by atoms with Crippen LogP contribution < -0.4 is 5.32 Å². The molecule has 200 valence electrons. The van der Waals surface area contributed by atoms with Gasteiger partial charge in [0.05, 0.1) is 22.4 Å². The average molecular weight is 523 g/mol. The summed E-state index contributed by atoms with van der Waals surface area (Å²) in [5, 5.41) is 14.3. The van der Waals surface area contributed by atoms with Crippen LogP contribution in [0.2, 0.25) is 0 Å². The molecule has 1 amide bonds. The Morgan fingerprint density at radius 3 is 2.51 bits per heavy atom. The predicted molar refractivity (Wildman–Crippen MR) is 154 cm³/mol. The molecule has 6 nitrogen and oxygen atoms in total. The summed E-state index contributed by atoms with van der Waals surface area (Å²) in [6.45, 7) is 8.92. The lowest BCUT2D eigenvalue weighted by atomic mass is 9.89. The molecule has 3 aromatic rings. The van der Waals surface area contributed by atoms with Gasteiger partial charge in [0.15, 0.2) is 0 Å². The Hall–Kier alpha value is -2.22. The van der Waals surface area contributed by atoms with Crippen molar-refractivity contribution in [2.24, 2.45) is 5.92 Å². The van der Waals surface area contributed by atoms with Crippen molar-refractivity contribution in [2.45, 2.75) is 84.3 Å². The first-order chi connectivity index (χ1) is 17.8. The summed E-state index contributed by atoms with van der Waals surface area (Å²) in [4.78, 5) is 13.3. The number of rotatable bonds is 8. The van der Waals surface area contributed by atoms with Crippen LogP contribution in [0.5, 0.6) is 0 Å². The number of aliphatic hydroxyl groups is 1. The standard InChI is InChI=1S/C30H42N4O2S/c1-22-25(29(35)31-21-30(2,3)36)18-28(33(22)19-23-12-6-4-7-13-23)26-20-34(27-15-9-8-14-24(26)27)37-32-16-10-5-11-17-32/h8-9,14-15,18,20,23,36H,4-7,10-13,16-17,19,21H2,1-3H3,(H,31,35). The fourth-order valence-corrected chi connectivity index (χ4v) is 6.92. The highest BCUT2D eigenvalue weighted by Gasteiger charge is 2.25. The maximum absolute atomic E-state index is 13.3. The van der Waals surface area contributed by atoms with E-state index >= 15 is 0 Å². The number of hydrogen-bond acceptors (Lipinski definition) is 4. The Labute approximate surface area is 225 Å². The van der Waals surface area contributed by atoms with Gasteiger partial charge in [-0.3, -0.25) is 8.77 Å². The topological polar surface area (TPSA) is 62.4 Å². The molecule has 1 aliphatic heterocycles. The van der Waals surface area contributed by atoms with Crippen molar-refractivity contribution < 1.29 is 9.90 Å². The summed E-state index contributed by atoms with van der Waals surface area (Å²) in [7, 11) is 0. The van der Waals surface area contributed by atoms with Crippen molar-refractivity contribution >= 4 is 28.9 Å². The third-order valence-corrected chi connectivity index (χ3v) is 9.00. The zero-order chi connectivity index (χ0) is 26.0. The molecule has 3 heterocycles. The summed E-state index contributed by atoms with van der Waals surface area (Å²) in [5.74, 6) is 0.525. The quantitative estimate of drug-likeness (QED) is 0.336. The number of carbonyl (C=O) groups excluding carboxylic acids is 1. The highest BCUT2D eigenvalue weighted by Crippen LogP contribution is 2.38. The molecule has 1 saturated heterocycles. The van der Waals surface area contributed by atoms with Gasteiger partial charge in [-0.1, -0.05) is 43.9 Å². The minimum absolute atomic E-state index is 0.116. The van der Waals surface area contributed by atoms with Crippen molar-refractivity contribution in [3.8, 4) is 11.3 Å². The van der Waals surface area contributed by atoms with E-state index < -0.39 is 5.60 Å². The molecule has 0 unspecified atom stereocenters. The number of nitrogens with one attached hydrogen (secondary N) is 1. The van der Waals surface area contributed by atoms with Crippen LogP contribution in [0.15, 0.2) is 36.5 Å². The Balaban J connectivity index is 1.55. The zero-order valence-electron chi connectivity index (χ0n) is 22.6. The summed E-state index contributed by atoms with van der Waals surface area (Å²) in [5.41, 5.74) is 4.27. The normalized spacial score (nSPS) is 17.9. The molecule has 5 rings (SSSR count). The van der Waals surface area contributed by atoms with Crippen LogP contribution in [-0.2, 0) is 6.54 Å². The lowest BCUT2D eigenvalue weighted by molar-refractivity contribution is 0.0694. The molecule has 2 aromatic heterocycles. The molecule has 0 atom stereocenters. The monoisotopic (exact) mass is 522 g/mol. The molecule has 0 bridgehead atoms. The SMILES string of the molecule is Cc1c(C(=O)NCC(C)(C)O)cc(-c2cn(SN3CCCCC3)c3ccccc23)n1CC1CCCCC1. The summed E-state index contributed by atoms with van der Waals surface area (Å²) < 4.78 is 7.19. The van der Waals surface area contributed by atoms with Gasteiger partial charge in [-0.15, -0.1) is 0 Å². The Bertz CT molecular complexity index is 1230. The molecule has 37 heavy (non-hydrogen) atoms. The first-order valence-corrected chi connectivity index (χ1v) is 14.8. The number of amides is 1. The molecular weight excluding hydrogens is 480 g/mol. The van der Waals surface area contributed by atoms with Crippen LogP contribution in [0, 0.1) is 12.8 Å². The summed E-state index contributed by atoms with van der Waals surface area (Å²) in [6, 6.07) is 10.7. The number of nitrogens with zero attached hydrogens (tertiary/aromatic N) is 3. The molecule has 2 aliphatic rings. The number of aromatic nitrogens is 2. The van der Waals surface area contributed by atoms with Gasteiger partial charge in [0.25, 0.3) is 5.91 Å². The Morgan fingerprint density at radius 2 is 1.78 bits per heavy atom. The Morgan fingerprint density at radius 1 is 1.08 bits per heavy atom. The first kappa shape index (κ1) is 26.4. The molecule has 0 spiro atoms. The van der Waals surface area contributed by atoms with Gasteiger partial charge in [-0.05, 0) is 64.5 Å². The van der Waals surface area contributed by atoms with E-state index in [2.05, 4.69) is 61.6 Å². The second kappa shape index (κ2) is 11.3. The molecule has 0 radical (unpaired) electrons. The van der Waals surface area contributed by atoms with Gasteiger partial charge in [0.1, 0.15) is 0 Å². The lowest BCUT2D eigenvalue weighted by Gasteiger charge is -2.25. The van der Waals surface area contributed by atoms with Crippen molar-refractivity contribution in [3.63, 3.8) is 0 Å². The fraction of sp³-hybridized carbons (Fsp3) is 0.567. The second-order valence-electron chi connectivity index (χ2n) is 11.6. The van der Waals surface area contributed by atoms with Gasteiger partial charge >= 0.3 is 0 Å². The molecule has 1 saturated carbocycles. The van der Waals surface area contributed by atoms with Gasteiger partial charge in [0.2, 0.25) is 0 Å². The van der Waals surface area contributed by atoms with Crippen molar-refractivity contribution in [3.05, 3.63) is 47.8 Å². The van der Waals surface area contributed by atoms with E-state index in [1.165, 1.54) is 67.8 Å². The molecule has 2 N–H and O–H groups in total. The molecular formula is C30H42N4O2S. The zero-order valence-corrected chi connectivity index (χ0v) is 23.4. The number of carbonyl (C=O) groups is 1. The Kier molecular flexibility index (Phi) is 8.03. The minimum Gasteiger partial charge on any atom is -0.389 e. The number of hydrogen-bond donors (Lipinski definition) is 2. The molecule has 1 aromatic carbocycles. The van der Waals surface area contributed by atoms with Crippen molar-refractivity contribution in [1.82, 2.24) is 18.2 Å². The average Bonchev–Trinajstić information content (AvgIpc) is 3.41. The molecule has 7 heteroatoms. The molecule has 2 fully saturated rings. The number of para-hydroxylation sites is 1. The smallest absolute Gasteiger partial charge is 0.253 e. The van der Waals surface area contributed by atoms with Gasteiger partial charge < -0.3 is 15.0 Å². The van der Waals surface area contributed by atoms with E-state index in [1.807, 2.05) is 12.1 Å². The predicted octanol–water partition coefficient (Wildman–Crippen LogP) is 6.40. The van der Waals surface area contributed by atoms with Crippen LogP contribution >= 0.6 is 12.1 Å².